The minimum absolute atomic E-state index is 0.200. The molecule has 1 atom stereocenters. The Morgan fingerprint density at radius 3 is 2.36 bits per heavy atom. The van der Waals surface area contributed by atoms with E-state index in [-0.39, 0.29) is 12.2 Å². The van der Waals surface area contributed by atoms with Crippen LogP contribution in [0.2, 0.25) is 0 Å². The molecule has 1 aromatic heterocycles. The van der Waals surface area contributed by atoms with E-state index in [1.807, 2.05) is 49.4 Å². The minimum Gasteiger partial charge on any atom is -0.494 e. The Kier molecular flexibility index (Phi) is 9.58. The largest absolute Gasteiger partial charge is 0.494 e. The summed E-state index contributed by atoms with van der Waals surface area (Å²) >= 11 is 1.26. The fourth-order valence-electron chi connectivity index (χ4n) is 5.71. The van der Waals surface area contributed by atoms with Gasteiger partial charge in [-0.25, -0.2) is 9.79 Å². The highest BCUT2D eigenvalue weighted by molar-refractivity contribution is 7.07. The third-order valence-corrected chi connectivity index (χ3v) is 8.71. The van der Waals surface area contributed by atoms with Crippen molar-refractivity contribution in [2.75, 3.05) is 20.3 Å². The van der Waals surface area contributed by atoms with Gasteiger partial charge in [0, 0.05) is 5.56 Å². The number of carbonyl (C=O) groups is 1. The summed E-state index contributed by atoms with van der Waals surface area (Å²) in [6.07, 6.45) is 1.80. The van der Waals surface area contributed by atoms with Gasteiger partial charge in [0.25, 0.3) is 5.56 Å². The van der Waals surface area contributed by atoms with E-state index in [2.05, 4.69) is 37.9 Å². The molecular formula is C36H38N2O6S. The molecule has 9 heteroatoms. The van der Waals surface area contributed by atoms with Crippen molar-refractivity contribution in [2.45, 2.75) is 54.2 Å². The highest BCUT2D eigenvalue weighted by Crippen LogP contribution is 2.36. The molecule has 0 spiro atoms. The number of carbonyl (C=O) groups excluding carboxylic acids is 1. The average Bonchev–Trinajstić information content (AvgIpc) is 3.30. The van der Waals surface area contributed by atoms with Gasteiger partial charge >= 0.3 is 5.97 Å². The van der Waals surface area contributed by atoms with Gasteiger partial charge in [0.1, 0.15) is 18.4 Å². The summed E-state index contributed by atoms with van der Waals surface area (Å²) in [5.74, 6) is 1.24. The highest BCUT2D eigenvalue weighted by Gasteiger charge is 2.35. The summed E-state index contributed by atoms with van der Waals surface area (Å²) < 4.78 is 25.2. The molecule has 2 heterocycles. The number of aryl methyl sites for hydroxylation is 3. The van der Waals surface area contributed by atoms with Crippen molar-refractivity contribution in [3.8, 4) is 17.2 Å². The number of nitrogens with zero attached hydrogens (tertiary/aromatic N) is 2. The zero-order valence-electron chi connectivity index (χ0n) is 26.7. The van der Waals surface area contributed by atoms with E-state index in [9.17, 15) is 9.59 Å². The van der Waals surface area contributed by atoms with Gasteiger partial charge in [-0.05, 0) is 88.1 Å². The molecule has 3 aromatic carbocycles. The van der Waals surface area contributed by atoms with Crippen LogP contribution in [-0.2, 0) is 16.1 Å². The molecule has 45 heavy (non-hydrogen) atoms. The SMILES string of the molecule is CCOC(=O)C1=C(C)N=c2s/c(=C\c3ccc(OCc4c(C)cc(C)cc4C)c(OC)c3)c(=O)n2[C@@H]1c1ccccc1OCC. The normalized spacial score (nSPS) is 14.6. The third-order valence-electron chi connectivity index (χ3n) is 7.73. The van der Waals surface area contributed by atoms with Crippen LogP contribution in [0, 0.1) is 20.8 Å². The maximum atomic E-state index is 14.1. The van der Waals surface area contributed by atoms with Crippen molar-refractivity contribution in [3.63, 3.8) is 0 Å². The van der Waals surface area contributed by atoms with E-state index in [0.717, 1.165) is 11.1 Å². The third kappa shape index (κ3) is 6.44. The molecule has 0 saturated carbocycles. The molecule has 0 aliphatic carbocycles. The van der Waals surface area contributed by atoms with Crippen LogP contribution in [0.25, 0.3) is 6.08 Å². The van der Waals surface area contributed by atoms with Crippen LogP contribution in [-0.4, -0.2) is 30.9 Å². The first-order valence-corrected chi connectivity index (χ1v) is 15.8. The lowest BCUT2D eigenvalue weighted by atomic mass is 9.95. The van der Waals surface area contributed by atoms with Crippen LogP contribution in [0.1, 0.15) is 60.2 Å². The molecule has 1 aliphatic heterocycles. The number of allylic oxidation sites excluding steroid dienone is 1. The predicted octanol–water partition coefficient (Wildman–Crippen LogP) is 5.71. The Morgan fingerprint density at radius 2 is 1.67 bits per heavy atom. The molecule has 0 amide bonds. The van der Waals surface area contributed by atoms with Crippen LogP contribution >= 0.6 is 11.3 Å². The van der Waals surface area contributed by atoms with Gasteiger partial charge in [-0.3, -0.25) is 9.36 Å². The number of benzene rings is 3. The monoisotopic (exact) mass is 626 g/mol. The Morgan fingerprint density at radius 1 is 0.933 bits per heavy atom. The van der Waals surface area contributed by atoms with Crippen molar-refractivity contribution in [2.24, 2.45) is 4.99 Å². The minimum atomic E-state index is -0.760. The second kappa shape index (κ2) is 13.6. The molecule has 234 valence electrons. The highest BCUT2D eigenvalue weighted by atomic mass is 32.1. The Hall–Kier alpha value is -4.63. The first kappa shape index (κ1) is 31.8. The summed E-state index contributed by atoms with van der Waals surface area (Å²) in [4.78, 5) is 32.5. The lowest BCUT2D eigenvalue weighted by Gasteiger charge is -2.26. The maximum Gasteiger partial charge on any atom is 0.338 e. The van der Waals surface area contributed by atoms with E-state index in [1.54, 1.807) is 31.6 Å². The van der Waals surface area contributed by atoms with Gasteiger partial charge in [0.05, 0.1) is 36.1 Å². The van der Waals surface area contributed by atoms with Crippen LogP contribution in [0.5, 0.6) is 17.2 Å². The van der Waals surface area contributed by atoms with Gasteiger partial charge < -0.3 is 18.9 Å². The predicted molar refractivity (Wildman–Crippen MR) is 176 cm³/mol. The average molecular weight is 627 g/mol. The fourth-order valence-corrected chi connectivity index (χ4v) is 6.76. The number of rotatable bonds is 10. The van der Waals surface area contributed by atoms with E-state index in [1.165, 1.54) is 28.0 Å². The number of aromatic nitrogens is 1. The standard InChI is InChI=1S/C36H38N2O6S/c1-8-42-28-13-11-10-12-26(28)33-32(35(40)43-9-2)24(6)37-36-38(33)34(39)31(45-36)19-25-14-15-29(30(18-25)41-7)44-20-27-22(4)16-21(3)17-23(27)5/h10-19,33H,8-9,20H2,1-7H3/b31-19-/t33-/m1/s1. The first-order chi connectivity index (χ1) is 21.7. The molecular weight excluding hydrogens is 588 g/mol. The number of esters is 1. The summed E-state index contributed by atoms with van der Waals surface area (Å²) in [7, 11) is 1.59. The molecule has 0 N–H and O–H groups in total. The molecule has 0 radical (unpaired) electrons. The smallest absolute Gasteiger partial charge is 0.338 e. The van der Waals surface area contributed by atoms with Crippen molar-refractivity contribution < 1.29 is 23.7 Å². The Labute approximate surface area is 266 Å². The van der Waals surface area contributed by atoms with E-state index in [0.29, 0.717) is 56.6 Å². The van der Waals surface area contributed by atoms with Gasteiger partial charge in [0.15, 0.2) is 16.3 Å². The van der Waals surface area contributed by atoms with Crippen LogP contribution < -0.4 is 29.1 Å². The molecule has 0 unspecified atom stereocenters. The lowest BCUT2D eigenvalue weighted by molar-refractivity contribution is -0.139. The molecule has 1 aliphatic rings. The number of hydrogen-bond acceptors (Lipinski definition) is 8. The van der Waals surface area contributed by atoms with Crippen molar-refractivity contribution in [1.29, 1.82) is 0 Å². The van der Waals surface area contributed by atoms with Gasteiger partial charge in [-0.2, -0.15) is 0 Å². The number of thiazole rings is 1. The Bertz CT molecular complexity index is 1950. The first-order valence-electron chi connectivity index (χ1n) is 15.0. The van der Waals surface area contributed by atoms with Crippen LogP contribution in [0.4, 0.5) is 0 Å². The molecule has 0 bridgehead atoms. The van der Waals surface area contributed by atoms with Gasteiger partial charge in [0.2, 0.25) is 0 Å². The quantitative estimate of drug-likeness (QED) is 0.210. The number of para-hydroxylation sites is 1. The van der Waals surface area contributed by atoms with E-state index in [4.69, 9.17) is 18.9 Å². The molecule has 0 saturated heterocycles. The van der Waals surface area contributed by atoms with Crippen LogP contribution in [0.15, 0.2) is 75.7 Å². The number of hydrogen-bond donors (Lipinski definition) is 0. The zero-order valence-corrected chi connectivity index (χ0v) is 27.5. The summed E-state index contributed by atoms with van der Waals surface area (Å²) in [6.45, 7) is 12.7. The van der Waals surface area contributed by atoms with E-state index < -0.39 is 12.0 Å². The molecule has 5 rings (SSSR count). The van der Waals surface area contributed by atoms with Crippen LogP contribution in [0.3, 0.4) is 0 Å². The number of fused-ring (bicyclic) bond motifs is 1. The second-order valence-corrected chi connectivity index (χ2v) is 11.9. The van der Waals surface area contributed by atoms with Crippen molar-refractivity contribution in [1.82, 2.24) is 4.57 Å². The van der Waals surface area contributed by atoms with E-state index >= 15 is 0 Å². The maximum absolute atomic E-state index is 14.1. The molecule has 8 nitrogen and oxygen atoms in total. The molecule has 0 fully saturated rings. The van der Waals surface area contributed by atoms with Crippen molar-refractivity contribution in [3.05, 3.63) is 119 Å². The lowest BCUT2D eigenvalue weighted by Crippen LogP contribution is -2.40. The molecule has 4 aromatic rings. The fraction of sp³-hybridized carbons (Fsp3) is 0.306. The number of ether oxygens (including phenoxy) is 4. The summed E-state index contributed by atoms with van der Waals surface area (Å²) in [5.41, 5.74) is 6.72. The Balaban J connectivity index is 1.56. The zero-order chi connectivity index (χ0) is 32.2. The second-order valence-electron chi connectivity index (χ2n) is 10.8. The number of methoxy groups -OCH3 is 1. The van der Waals surface area contributed by atoms with Crippen molar-refractivity contribution >= 4 is 23.4 Å². The van der Waals surface area contributed by atoms with Gasteiger partial charge in [-0.1, -0.05) is 53.3 Å². The van der Waals surface area contributed by atoms with Gasteiger partial charge in [-0.15, -0.1) is 0 Å². The topological polar surface area (TPSA) is 88.4 Å². The summed E-state index contributed by atoms with van der Waals surface area (Å²) in [5, 5.41) is 0. The summed E-state index contributed by atoms with van der Waals surface area (Å²) in [6, 6.07) is 16.6.